The van der Waals surface area contributed by atoms with Gasteiger partial charge in [-0.15, -0.1) is 0 Å². The smallest absolute Gasteiger partial charge is 0.242 e. The minimum atomic E-state index is -0.227. The molecule has 1 N–H and O–H groups in total. The average molecular weight is 298 g/mol. The number of carbonyl (C=O) groups excluding carboxylic acids is 1. The van der Waals surface area contributed by atoms with Gasteiger partial charge in [-0.1, -0.05) is 24.3 Å². The second-order valence-corrected chi connectivity index (χ2v) is 5.66. The minimum absolute atomic E-state index is 0.0862. The summed E-state index contributed by atoms with van der Waals surface area (Å²) in [7, 11) is 0. The summed E-state index contributed by atoms with van der Waals surface area (Å²) in [5.74, 6) is 0.0862. The number of benzene rings is 1. The predicted molar refractivity (Wildman–Crippen MR) is 85.2 cm³/mol. The standard InChI is InChI=1S/C17H22N4O/c1-3-21-14(8-9-19-21)12-20-11-10-18-17(22)16(20)15-7-5-4-6-13(15)2/h4-9,16H,3,10-12H2,1-2H3,(H,18,22)/t16-/m1/s1. The summed E-state index contributed by atoms with van der Waals surface area (Å²) in [6, 6.07) is 9.93. The van der Waals surface area contributed by atoms with Crippen molar-refractivity contribution < 1.29 is 4.79 Å². The van der Waals surface area contributed by atoms with Gasteiger partial charge in [-0.2, -0.15) is 5.10 Å². The molecule has 5 heteroatoms. The Kier molecular flexibility index (Phi) is 4.24. The quantitative estimate of drug-likeness (QED) is 0.937. The molecule has 1 aliphatic heterocycles. The van der Waals surface area contributed by atoms with Crippen molar-refractivity contribution in [2.24, 2.45) is 0 Å². The van der Waals surface area contributed by atoms with Gasteiger partial charge >= 0.3 is 0 Å². The molecule has 2 heterocycles. The van der Waals surface area contributed by atoms with Crippen LogP contribution in [0, 0.1) is 6.92 Å². The van der Waals surface area contributed by atoms with Gasteiger partial charge in [0.05, 0.1) is 5.69 Å². The van der Waals surface area contributed by atoms with Crippen LogP contribution >= 0.6 is 0 Å². The lowest BCUT2D eigenvalue weighted by Gasteiger charge is -2.35. The van der Waals surface area contributed by atoms with Gasteiger partial charge < -0.3 is 5.32 Å². The molecule has 1 atom stereocenters. The predicted octanol–water partition coefficient (Wildman–Crippen LogP) is 1.88. The van der Waals surface area contributed by atoms with E-state index in [2.05, 4.69) is 41.3 Å². The van der Waals surface area contributed by atoms with Crippen LogP contribution in [0.4, 0.5) is 0 Å². The number of rotatable bonds is 4. The molecule has 0 spiro atoms. The Morgan fingerprint density at radius 3 is 2.91 bits per heavy atom. The maximum atomic E-state index is 12.5. The van der Waals surface area contributed by atoms with Crippen molar-refractivity contribution >= 4 is 5.91 Å². The van der Waals surface area contributed by atoms with Crippen LogP contribution in [0.25, 0.3) is 0 Å². The molecule has 1 aromatic carbocycles. The summed E-state index contributed by atoms with van der Waals surface area (Å²) in [6.45, 7) is 7.27. The van der Waals surface area contributed by atoms with E-state index in [9.17, 15) is 4.79 Å². The molecule has 5 nitrogen and oxygen atoms in total. The summed E-state index contributed by atoms with van der Waals surface area (Å²) >= 11 is 0. The lowest BCUT2D eigenvalue weighted by molar-refractivity contribution is -0.129. The summed E-state index contributed by atoms with van der Waals surface area (Å²) in [6.07, 6.45) is 1.83. The summed E-state index contributed by atoms with van der Waals surface area (Å²) in [4.78, 5) is 14.7. The van der Waals surface area contributed by atoms with Crippen LogP contribution in [0.3, 0.4) is 0 Å². The zero-order valence-electron chi connectivity index (χ0n) is 13.1. The third kappa shape index (κ3) is 2.76. The van der Waals surface area contributed by atoms with Crippen LogP contribution in [0.1, 0.15) is 29.8 Å². The Morgan fingerprint density at radius 2 is 2.14 bits per heavy atom. The molecule has 0 radical (unpaired) electrons. The van der Waals surface area contributed by atoms with Gasteiger partial charge in [0.1, 0.15) is 6.04 Å². The van der Waals surface area contributed by atoms with Gasteiger partial charge in [0.15, 0.2) is 0 Å². The summed E-state index contributed by atoms with van der Waals surface area (Å²) in [5.41, 5.74) is 3.39. The van der Waals surface area contributed by atoms with Gasteiger partial charge in [-0.3, -0.25) is 14.4 Å². The number of nitrogens with one attached hydrogen (secondary N) is 1. The van der Waals surface area contributed by atoms with Crippen LogP contribution in [-0.2, 0) is 17.9 Å². The molecular formula is C17H22N4O. The maximum absolute atomic E-state index is 12.5. The van der Waals surface area contributed by atoms with Crippen LogP contribution in [0.5, 0.6) is 0 Å². The molecule has 0 unspecified atom stereocenters. The number of nitrogens with zero attached hydrogens (tertiary/aromatic N) is 3. The highest BCUT2D eigenvalue weighted by atomic mass is 16.2. The second kappa shape index (κ2) is 6.32. The molecular weight excluding hydrogens is 276 g/mol. The molecule has 116 valence electrons. The molecule has 0 aliphatic carbocycles. The molecule has 1 aromatic heterocycles. The van der Waals surface area contributed by atoms with Crippen molar-refractivity contribution in [2.45, 2.75) is 33.0 Å². The zero-order chi connectivity index (χ0) is 15.5. The van der Waals surface area contributed by atoms with Gasteiger partial charge in [0.25, 0.3) is 0 Å². The maximum Gasteiger partial charge on any atom is 0.242 e. The highest BCUT2D eigenvalue weighted by Gasteiger charge is 2.32. The first-order chi connectivity index (χ1) is 10.7. The van der Waals surface area contributed by atoms with Gasteiger partial charge in [-0.25, -0.2) is 0 Å². The van der Waals surface area contributed by atoms with Crippen molar-refractivity contribution in [1.82, 2.24) is 20.0 Å². The van der Waals surface area contributed by atoms with E-state index in [1.165, 1.54) is 0 Å². The van der Waals surface area contributed by atoms with Crippen LogP contribution in [0.15, 0.2) is 36.5 Å². The van der Waals surface area contributed by atoms with E-state index in [1.54, 1.807) is 0 Å². The monoisotopic (exact) mass is 298 g/mol. The third-order valence-corrected chi connectivity index (χ3v) is 4.26. The normalized spacial score (nSPS) is 19.2. The van der Waals surface area contributed by atoms with E-state index in [-0.39, 0.29) is 11.9 Å². The van der Waals surface area contributed by atoms with Gasteiger partial charge in [0, 0.05) is 32.4 Å². The third-order valence-electron chi connectivity index (χ3n) is 4.26. The Balaban J connectivity index is 1.91. The first-order valence-corrected chi connectivity index (χ1v) is 7.78. The number of hydrogen-bond acceptors (Lipinski definition) is 3. The van der Waals surface area contributed by atoms with E-state index in [0.717, 1.165) is 36.5 Å². The summed E-state index contributed by atoms with van der Waals surface area (Å²) < 4.78 is 1.99. The second-order valence-electron chi connectivity index (χ2n) is 5.66. The van der Waals surface area contributed by atoms with E-state index in [1.807, 2.05) is 29.1 Å². The topological polar surface area (TPSA) is 50.2 Å². The largest absolute Gasteiger partial charge is 0.353 e. The van der Waals surface area contributed by atoms with Crippen molar-refractivity contribution in [2.75, 3.05) is 13.1 Å². The molecule has 0 saturated carbocycles. The van der Waals surface area contributed by atoms with Crippen molar-refractivity contribution in [1.29, 1.82) is 0 Å². The summed E-state index contributed by atoms with van der Waals surface area (Å²) in [5, 5.41) is 7.32. The lowest BCUT2D eigenvalue weighted by Crippen LogP contribution is -2.49. The van der Waals surface area contributed by atoms with Crippen LogP contribution < -0.4 is 5.32 Å². The fourth-order valence-electron chi connectivity index (χ4n) is 3.10. The van der Waals surface area contributed by atoms with Crippen LogP contribution in [0.2, 0.25) is 0 Å². The molecule has 1 saturated heterocycles. The highest BCUT2D eigenvalue weighted by molar-refractivity contribution is 5.84. The first kappa shape index (κ1) is 14.8. The van der Waals surface area contributed by atoms with Crippen LogP contribution in [-0.4, -0.2) is 33.7 Å². The molecule has 3 rings (SSSR count). The van der Waals surface area contributed by atoms with E-state index >= 15 is 0 Å². The Hall–Kier alpha value is -2.14. The molecule has 22 heavy (non-hydrogen) atoms. The van der Waals surface area contributed by atoms with Gasteiger partial charge in [-0.05, 0) is 31.0 Å². The van der Waals surface area contributed by atoms with E-state index in [0.29, 0.717) is 6.54 Å². The lowest BCUT2D eigenvalue weighted by atomic mass is 9.97. The molecule has 1 amide bonds. The Bertz CT molecular complexity index is 664. The molecule has 1 aliphatic rings. The van der Waals surface area contributed by atoms with E-state index in [4.69, 9.17) is 0 Å². The Labute approximate surface area is 130 Å². The number of amides is 1. The zero-order valence-corrected chi connectivity index (χ0v) is 13.1. The van der Waals surface area contributed by atoms with E-state index < -0.39 is 0 Å². The SMILES string of the molecule is CCn1nccc1CN1CCNC(=O)[C@H]1c1ccccc1C. The molecule has 2 aromatic rings. The van der Waals surface area contributed by atoms with Crippen molar-refractivity contribution in [3.05, 3.63) is 53.3 Å². The highest BCUT2D eigenvalue weighted by Crippen LogP contribution is 2.27. The van der Waals surface area contributed by atoms with Crippen molar-refractivity contribution in [3.8, 4) is 0 Å². The minimum Gasteiger partial charge on any atom is -0.353 e. The molecule has 1 fully saturated rings. The fraction of sp³-hybridized carbons (Fsp3) is 0.412. The first-order valence-electron chi connectivity index (χ1n) is 7.78. The number of carbonyl (C=O) groups is 1. The number of piperazine rings is 1. The van der Waals surface area contributed by atoms with Crippen molar-refractivity contribution in [3.63, 3.8) is 0 Å². The van der Waals surface area contributed by atoms with Gasteiger partial charge in [0.2, 0.25) is 5.91 Å². The molecule has 0 bridgehead atoms. The average Bonchev–Trinajstić information content (AvgIpc) is 2.96. The number of aromatic nitrogens is 2. The number of hydrogen-bond donors (Lipinski definition) is 1. The Morgan fingerprint density at radius 1 is 1.32 bits per heavy atom. The number of aryl methyl sites for hydroxylation is 2. The fourth-order valence-corrected chi connectivity index (χ4v) is 3.10.